The standard InChI is InChI=1S/C22H23FN2O3/c1-15(2)10-11-24-21(26)14-25-18-8-3-4-9-19(18)28-20(22(25)27)13-16-6-5-7-17(23)12-16/h3-9,12-13,15H,10-11,14H2,1-2H3,(H,24,26). The predicted molar refractivity (Wildman–Crippen MR) is 106 cm³/mol. The van der Waals surface area contributed by atoms with Crippen molar-refractivity contribution in [2.24, 2.45) is 5.92 Å². The Morgan fingerprint density at radius 3 is 2.75 bits per heavy atom. The lowest BCUT2D eigenvalue weighted by molar-refractivity contribution is -0.123. The molecule has 6 heteroatoms. The Balaban J connectivity index is 1.84. The lowest BCUT2D eigenvalue weighted by atomic mass is 10.1. The van der Waals surface area contributed by atoms with Gasteiger partial charge in [-0.05, 0) is 48.2 Å². The number of anilines is 1. The zero-order valence-electron chi connectivity index (χ0n) is 15.9. The van der Waals surface area contributed by atoms with Crippen LogP contribution in [0, 0.1) is 11.7 Å². The molecule has 5 nitrogen and oxygen atoms in total. The minimum absolute atomic E-state index is 0.0410. The first-order valence-electron chi connectivity index (χ1n) is 9.27. The molecule has 0 fully saturated rings. The number of ether oxygens (including phenoxy) is 1. The molecule has 3 rings (SSSR count). The van der Waals surface area contributed by atoms with Crippen LogP contribution in [-0.4, -0.2) is 24.9 Å². The fourth-order valence-corrected chi connectivity index (χ4v) is 2.87. The monoisotopic (exact) mass is 382 g/mol. The van der Waals surface area contributed by atoms with E-state index in [1.807, 2.05) is 0 Å². The normalized spacial score (nSPS) is 14.8. The van der Waals surface area contributed by atoms with Crippen LogP contribution in [0.3, 0.4) is 0 Å². The Morgan fingerprint density at radius 1 is 1.21 bits per heavy atom. The summed E-state index contributed by atoms with van der Waals surface area (Å²) >= 11 is 0. The molecule has 1 N–H and O–H groups in total. The summed E-state index contributed by atoms with van der Waals surface area (Å²) < 4.78 is 19.2. The van der Waals surface area contributed by atoms with Crippen molar-refractivity contribution in [2.45, 2.75) is 20.3 Å². The van der Waals surface area contributed by atoms with E-state index in [0.29, 0.717) is 29.5 Å². The van der Waals surface area contributed by atoms with Gasteiger partial charge in [-0.2, -0.15) is 0 Å². The Hall–Kier alpha value is -3.15. The molecular formula is C22H23FN2O3. The first kappa shape index (κ1) is 19.6. The number of hydrogen-bond acceptors (Lipinski definition) is 3. The second-order valence-corrected chi connectivity index (χ2v) is 7.06. The predicted octanol–water partition coefficient (Wildman–Crippen LogP) is 3.75. The van der Waals surface area contributed by atoms with Crippen molar-refractivity contribution in [1.29, 1.82) is 0 Å². The van der Waals surface area contributed by atoms with E-state index in [1.54, 1.807) is 36.4 Å². The van der Waals surface area contributed by atoms with Crippen LogP contribution in [0.5, 0.6) is 5.75 Å². The molecule has 0 saturated carbocycles. The number of rotatable bonds is 6. The number of amides is 2. The third-order valence-electron chi connectivity index (χ3n) is 4.32. The van der Waals surface area contributed by atoms with Crippen LogP contribution in [0.4, 0.5) is 10.1 Å². The zero-order chi connectivity index (χ0) is 20.1. The molecule has 0 aromatic heterocycles. The van der Waals surface area contributed by atoms with Crippen molar-refractivity contribution in [3.8, 4) is 5.75 Å². The van der Waals surface area contributed by atoms with Gasteiger partial charge in [0.25, 0.3) is 5.91 Å². The van der Waals surface area contributed by atoms with Crippen molar-refractivity contribution in [1.82, 2.24) is 5.32 Å². The van der Waals surface area contributed by atoms with Gasteiger partial charge in [-0.15, -0.1) is 0 Å². The van der Waals surface area contributed by atoms with E-state index in [4.69, 9.17) is 4.74 Å². The smallest absolute Gasteiger partial charge is 0.294 e. The van der Waals surface area contributed by atoms with Gasteiger partial charge in [-0.1, -0.05) is 38.1 Å². The van der Waals surface area contributed by atoms with Crippen molar-refractivity contribution >= 4 is 23.6 Å². The van der Waals surface area contributed by atoms with Gasteiger partial charge in [0.1, 0.15) is 12.4 Å². The quantitative estimate of drug-likeness (QED) is 0.774. The molecule has 1 aliphatic heterocycles. The van der Waals surface area contributed by atoms with E-state index in [-0.39, 0.29) is 18.2 Å². The molecule has 0 bridgehead atoms. The fourth-order valence-electron chi connectivity index (χ4n) is 2.87. The van der Waals surface area contributed by atoms with Crippen molar-refractivity contribution in [3.63, 3.8) is 0 Å². The van der Waals surface area contributed by atoms with E-state index in [2.05, 4.69) is 19.2 Å². The van der Waals surface area contributed by atoms with Gasteiger partial charge >= 0.3 is 0 Å². The van der Waals surface area contributed by atoms with E-state index in [1.165, 1.54) is 23.1 Å². The van der Waals surface area contributed by atoms with E-state index in [0.717, 1.165) is 6.42 Å². The average Bonchev–Trinajstić information content (AvgIpc) is 2.65. The highest BCUT2D eigenvalue weighted by Crippen LogP contribution is 2.35. The fraction of sp³-hybridized carbons (Fsp3) is 0.273. The maximum atomic E-state index is 13.5. The Kier molecular flexibility index (Phi) is 6.09. The van der Waals surface area contributed by atoms with Crippen LogP contribution in [0.15, 0.2) is 54.3 Å². The topological polar surface area (TPSA) is 58.6 Å². The van der Waals surface area contributed by atoms with Crippen molar-refractivity contribution in [3.05, 3.63) is 65.7 Å². The summed E-state index contributed by atoms with van der Waals surface area (Å²) in [6.07, 6.45) is 2.34. The summed E-state index contributed by atoms with van der Waals surface area (Å²) in [5.74, 6) is -0.0944. The minimum Gasteiger partial charge on any atom is -0.449 e. The summed E-state index contributed by atoms with van der Waals surface area (Å²) in [6, 6.07) is 12.9. The summed E-state index contributed by atoms with van der Waals surface area (Å²) in [5, 5.41) is 2.84. The van der Waals surface area contributed by atoms with Crippen LogP contribution < -0.4 is 15.0 Å². The maximum absolute atomic E-state index is 13.5. The molecule has 0 radical (unpaired) electrons. The average molecular weight is 382 g/mol. The van der Waals surface area contributed by atoms with Crippen molar-refractivity contribution in [2.75, 3.05) is 18.0 Å². The number of benzene rings is 2. The Bertz CT molecular complexity index is 908. The van der Waals surface area contributed by atoms with Crippen LogP contribution in [0.25, 0.3) is 6.08 Å². The highest BCUT2D eigenvalue weighted by molar-refractivity contribution is 6.12. The molecule has 0 aliphatic carbocycles. The Morgan fingerprint density at radius 2 is 2.00 bits per heavy atom. The van der Waals surface area contributed by atoms with Crippen LogP contribution in [0.2, 0.25) is 0 Å². The lowest BCUT2D eigenvalue weighted by Crippen LogP contribution is -2.44. The number of nitrogens with one attached hydrogen (secondary N) is 1. The first-order valence-corrected chi connectivity index (χ1v) is 9.27. The molecule has 0 spiro atoms. The van der Waals surface area contributed by atoms with Crippen LogP contribution in [0.1, 0.15) is 25.8 Å². The van der Waals surface area contributed by atoms with E-state index >= 15 is 0 Å². The molecule has 0 saturated heterocycles. The minimum atomic E-state index is -0.443. The van der Waals surface area contributed by atoms with Crippen LogP contribution in [-0.2, 0) is 9.59 Å². The second kappa shape index (κ2) is 8.69. The van der Waals surface area contributed by atoms with Gasteiger partial charge in [0, 0.05) is 6.54 Å². The molecule has 0 atom stereocenters. The largest absolute Gasteiger partial charge is 0.449 e. The van der Waals surface area contributed by atoms with Crippen LogP contribution >= 0.6 is 0 Å². The molecular weight excluding hydrogens is 359 g/mol. The number of para-hydroxylation sites is 2. The molecule has 2 amide bonds. The summed E-state index contributed by atoms with van der Waals surface area (Å²) in [4.78, 5) is 26.7. The molecule has 28 heavy (non-hydrogen) atoms. The third-order valence-corrected chi connectivity index (χ3v) is 4.32. The number of carbonyl (C=O) groups is 2. The number of fused-ring (bicyclic) bond motifs is 1. The second-order valence-electron chi connectivity index (χ2n) is 7.06. The maximum Gasteiger partial charge on any atom is 0.294 e. The highest BCUT2D eigenvalue weighted by Gasteiger charge is 2.31. The lowest BCUT2D eigenvalue weighted by Gasteiger charge is -2.30. The van der Waals surface area contributed by atoms with Gasteiger partial charge in [0.2, 0.25) is 5.91 Å². The zero-order valence-corrected chi connectivity index (χ0v) is 15.9. The molecule has 0 unspecified atom stereocenters. The Labute approximate surface area is 163 Å². The third kappa shape index (κ3) is 4.76. The SMILES string of the molecule is CC(C)CCNC(=O)CN1C(=O)C(=Cc2cccc(F)c2)Oc2ccccc21. The molecule has 2 aromatic carbocycles. The molecule has 1 heterocycles. The number of carbonyl (C=O) groups excluding carboxylic acids is 2. The first-order chi connectivity index (χ1) is 13.4. The molecule has 2 aromatic rings. The van der Waals surface area contributed by atoms with E-state index < -0.39 is 11.7 Å². The van der Waals surface area contributed by atoms with Gasteiger partial charge in [-0.25, -0.2) is 4.39 Å². The molecule has 146 valence electrons. The van der Waals surface area contributed by atoms with E-state index in [9.17, 15) is 14.0 Å². The number of hydrogen-bond donors (Lipinski definition) is 1. The summed E-state index contributed by atoms with van der Waals surface area (Å²) in [5.41, 5.74) is 1.03. The highest BCUT2D eigenvalue weighted by atomic mass is 19.1. The number of nitrogens with zero attached hydrogens (tertiary/aromatic N) is 1. The number of halogens is 1. The van der Waals surface area contributed by atoms with Crippen molar-refractivity contribution < 1.29 is 18.7 Å². The van der Waals surface area contributed by atoms with Gasteiger partial charge < -0.3 is 10.1 Å². The van der Waals surface area contributed by atoms with Gasteiger partial charge in [0.05, 0.1) is 5.69 Å². The van der Waals surface area contributed by atoms with Gasteiger partial charge in [0.15, 0.2) is 11.5 Å². The van der Waals surface area contributed by atoms with Gasteiger partial charge in [-0.3, -0.25) is 14.5 Å². The summed E-state index contributed by atoms with van der Waals surface area (Å²) in [7, 11) is 0. The summed E-state index contributed by atoms with van der Waals surface area (Å²) in [6.45, 7) is 4.61. The molecule has 1 aliphatic rings.